The van der Waals surface area contributed by atoms with Crippen LogP contribution in [0.4, 0.5) is 0 Å². The Balaban J connectivity index is 1.82. The number of hydrogen-bond acceptors (Lipinski definition) is 5. The lowest BCUT2D eigenvalue weighted by molar-refractivity contribution is 0.174. The van der Waals surface area contributed by atoms with E-state index < -0.39 is 0 Å². The molecular formula is C16H17N3O3. The molecule has 1 aliphatic heterocycles. The van der Waals surface area contributed by atoms with Crippen molar-refractivity contribution < 1.29 is 9.52 Å². The van der Waals surface area contributed by atoms with Crippen LogP contribution in [-0.4, -0.2) is 39.2 Å². The lowest BCUT2D eigenvalue weighted by Crippen LogP contribution is -2.24. The van der Waals surface area contributed by atoms with Gasteiger partial charge in [-0.2, -0.15) is 0 Å². The topological polar surface area (TPSA) is 82.4 Å². The molecule has 0 spiro atoms. The van der Waals surface area contributed by atoms with Crippen molar-refractivity contribution >= 4 is 22.1 Å². The van der Waals surface area contributed by atoms with Gasteiger partial charge in [0.15, 0.2) is 0 Å². The molecule has 114 valence electrons. The van der Waals surface area contributed by atoms with Crippen molar-refractivity contribution in [3.05, 3.63) is 39.9 Å². The number of aromatic nitrogens is 2. The highest BCUT2D eigenvalue weighted by molar-refractivity contribution is 6.02. The number of nitrogens with one attached hydrogen (secondary N) is 1. The van der Waals surface area contributed by atoms with Crippen molar-refractivity contribution in [1.82, 2.24) is 14.9 Å². The zero-order valence-corrected chi connectivity index (χ0v) is 12.3. The average Bonchev–Trinajstić information content (AvgIpc) is 3.03. The first-order valence-electron chi connectivity index (χ1n) is 7.42. The molecule has 6 nitrogen and oxygen atoms in total. The third-order valence-electron chi connectivity index (χ3n) is 4.15. The summed E-state index contributed by atoms with van der Waals surface area (Å²) in [7, 11) is 0. The molecule has 22 heavy (non-hydrogen) atoms. The molecule has 1 aliphatic rings. The number of nitrogens with zero attached hydrogens (tertiary/aromatic N) is 2. The van der Waals surface area contributed by atoms with Crippen LogP contribution >= 0.6 is 0 Å². The SMILES string of the molecule is Cc1ccc2oc3c(=O)[nH]c(CN4CC[C@H](O)C4)nc3c2c1. The van der Waals surface area contributed by atoms with Gasteiger partial charge in [-0.1, -0.05) is 11.6 Å². The van der Waals surface area contributed by atoms with Crippen molar-refractivity contribution in [2.24, 2.45) is 0 Å². The number of β-amino-alcohol motifs (C(OH)–C–C–N with tert-alkyl or cyclic N) is 1. The fourth-order valence-corrected chi connectivity index (χ4v) is 3.06. The lowest BCUT2D eigenvalue weighted by Gasteiger charge is -2.13. The van der Waals surface area contributed by atoms with Crippen LogP contribution in [0.1, 0.15) is 17.8 Å². The largest absolute Gasteiger partial charge is 0.449 e. The number of aliphatic hydroxyl groups is 1. The van der Waals surface area contributed by atoms with Gasteiger partial charge in [-0.05, 0) is 25.5 Å². The van der Waals surface area contributed by atoms with Crippen LogP contribution in [0, 0.1) is 6.92 Å². The van der Waals surface area contributed by atoms with Crippen LogP contribution < -0.4 is 5.56 Å². The fourth-order valence-electron chi connectivity index (χ4n) is 3.06. The Hall–Kier alpha value is -2.18. The second-order valence-electron chi connectivity index (χ2n) is 5.97. The zero-order chi connectivity index (χ0) is 15.3. The number of benzene rings is 1. The van der Waals surface area contributed by atoms with Crippen LogP contribution in [0.3, 0.4) is 0 Å². The molecule has 2 aromatic heterocycles. The number of fused-ring (bicyclic) bond motifs is 3. The van der Waals surface area contributed by atoms with E-state index in [-0.39, 0.29) is 17.2 Å². The van der Waals surface area contributed by atoms with Crippen LogP contribution in [0.15, 0.2) is 27.4 Å². The van der Waals surface area contributed by atoms with Gasteiger partial charge in [-0.3, -0.25) is 9.69 Å². The molecule has 1 atom stereocenters. The van der Waals surface area contributed by atoms with E-state index in [1.807, 2.05) is 25.1 Å². The number of likely N-dealkylation sites (tertiary alicyclic amines) is 1. The van der Waals surface area contributed by atoms with E-state index in [0.717, 1.165) is 23.9 Å². The number of hydrogen-bond donors (Lipinski definition) is 2. The molecule has 0 saturated carbocycles. The maximum atomic E-state index is 12.2. The highest BCUT2D eigenvalue weighted by Crippen LogP contribution is 2.26. The number of rotatable bonds is 2. The summed E-state index contributed by atoms with van der Waals surface area (Å²) in [5, 5.41) is 10.5. The zero-order valence-electron chi connectivity index (χ0n) is 12.3. The van der Waals surface area contributed by atoms with Crippen molar-refractivity contribution in [3.8, 4) is 0 Å². The highest BCUT2D eigenvalue weighted by atomic mass is 16.3. The van der Waals surface area contributed by atoms with Gasteiger partial charge in [0.1, 0.15) is 16.9 Å². The molecule has 4 rings (SSSR count). The summed E-state index contributed by atoms with van der Waals surface area (Å²) in [5.41, 5.74) is 2.39. The Labute approximate surface area is 126 Å². The molecule has 0 unspecified atom stereocenters. The Morgan fingerprint density at radius 3 is 3.14 bits per heavy atom. The van der Waals surface area contributed by atoms with E-state index in [9.17, 15) is 9.90 Å². The van der Waals surface area contributed by atoms with Gasteiger partial charge in [-0.25, -0.2) is 4.98 Å². The predicted molar refractivity (Wildman–Crippen MR) is 82.8 cm³/mol. The van der Waals surface area contributed by atoms with Gasteiger partial charge in [-0.15, -0.1) is 0 Å². The number of furan rings is 1. The minimum absolute atomic E-state index is 0.256. The second kappa shape index (κ2) is 4.93. The van der Waals surface area contributed by atoms with Gasteiger partial charge in [0.05, 0.1) is 12.6 Å². The van der Waals surface area contributed by atoms with E-state index in [4.69, 9.17) is 4.42 Å². The molecule has 3 heterocycles. The quantitative estimate of drug-likeness (QED) is 0.750. The van der Waals surface area contributed by atoms with E-state index in [1.54, 1.807) is 0 Å². The number of aliphatic hydroxyl groups excluding tert-OH is 1. The van der Waals surface area contributed by atoms with Gasteiger partial charge in [0, 0.05) is 18.5 Å². The minimum Gasteiger partial charge on any atom is -0.449 e. The summed E-state index contributed by atoms with van der Waals surface area (Å²) in [6.45, 7) is 3.96. The second-order valence-corrected chi connectivity index (χ2v) is 5.97. The predicted octanol–water partition coefficient (Wildman–Crippen LogP) is 1.54. The molecular weight excluding hydrogens is 282 g/mol. The normalized spacial score (nSPS) is 19.5. The smallest absolute Gasteiger partial charge is 0.294 e. The van der Waals surface area contributed by atoms with Gasteiger partial charge in [0.25, 0.3) is 5.56 Å². The number of aromatic amines is 1. The maximum Gasteiger partial charge on any atom is 0.294 e. The van der Waals surface area contributed by atoms with Gasteiger partial charge in [0.2, 0.25) is 5.58 Å². The maximum absolute atomic E-state index is 12.2. The van der Waals surface area contributed by atoms with Crippen molar-refractivity contribution in [2.75, 3.05) is 13.1 Å². The molecule has 0 aliphatic carbocycles. The molecule has 6 heteroatoms. The molecule has 0 radical (unpaired) electrons. The van der Waals surface area contributed by atoms with E-state index in [2.05, 4.69) is 14.9 Å². The number of H-pyrrole nitrogens is 1. The summed E-state index contributed by atoms with van der Waals surface area (Å²) >= 11 is 0. The van der Waals surface area contributed by atoms with E-state index in [1.165, 1.54) is 0 Å². The van der Waals surface area contributed by atoms with Crippen LogP contribution in [0.25, 0.3) is 22.1 Å². The standard InChI is InChI=1S/C16H17N3O3/c1-9-2-3-12-11(6-9)14-15(22-12)16(21)18-13(17-14)8-19-5-4-10(20)7-19/h2-3,6,10,20H,4-5,7-8H2,1H3,(H,17,18,21)/t10-/m0/s1. The summed E-state index contributed by atoms with van der Waals surface area (Å²) in [5.74, 6) is 0.607. The summed E-state index contributed by atoms with van der Waals surface area (Å²) in [6, 6.07) is 5.80. The fraction of sp³-hybridized carbons (Fsp3) is 0.375. The molecule has 2 N–H and O–H groups in total. The Morgan fingerprint density at radius 1 is 1.50 bits per heavy atom. The first-order chi connectivity index (χ1) is 10.6. The third kappa shape index (κ3) is 2.20. The minimum atomic E-state index is -0.284. The summed E-state index contributed by atoms with van der Waals surface area (Å²) < 4.78 is 5.62. The molecule has 3 aromatic rings. The van der Waals surface area contributed by atoms with Gasteiger partial charge >= 0.3 is 0 Å². The van der Waals surface area contributed by atoms with Crippen LogP contribution in [0.2, 0.25) is 0 Å². The lowest BCUT2D eigenvalue weighted by atomic mass is 10.2. The average molecular weight is 299 g/mol. The highest BCUT2D eigenvalue weighted by Gasteiger charge is 2.21. The van der Waals surface area contributed by atoms with E-state index >= 15 is 0 Å². The first-order valence-corrected chi connectivity index (χ1v) is 7.42. The molecule has 1 aromatic carbocycles. The van der Waals surface area contributed by atoms with Gasteiger partial charge < -0.3 is 14.5 Å². The van der Waals surface area contributed by atoms with Crippen molar-refractivity contribution in [3.63, 3.8) is 0 Å². The van der Waals surface area contributed by atoms with Crippen LogP contribution in [0.5, 0.6) is 0 Å². The molecule has 1 saturated heterocycles. The van der Waals surface area contributed by atoms with Crippen molar-refractivity contribution in [2.45, 2.75) is 26.0 Å². The molecule has 0 amide bonds. The summed E-state index contributed by atoms with van der Waals surface area (Å²) in [4.78, 5) is 21.7. The molecule has 1 fully saturated rings. The first kappa shape index (κ1) is 13.5. The number of aryl methyl sites for hydroxylation is 1. The Kier molecular flexibility index (Phi) is 3.02. The van der Waals surface area contributed by atoms with Crippen molar-refractivity contribution in [1.29, 1.82) is 0 Å². The van der Waals surface area contributed by atoms with Crippen LogP contribution in [-0.2, 0) is 6.54 Å². The third-order valence-corrected chi connectivity index (χ3v) is 4.15. The Bertz CT molecular complexity index is 912. The summed E-state index contributed by atoms with van der Waals surface area (Å²) in [6.07, 6.45) is 0.480. The monoisotopic (exact) mass is 299 g/mol. The molecule has 0 bridgehead atoms. The van der Waals surface area contributed by atoms with E-state index in [0.29, 0.717) is 30.0 Å². The Morgan fingerprint density at radius 2 is 2.36 bits per heavy atom.